The van der Waals surface area contributed by atoms with Crippen molar-refractivity contribution in [3.8, 4) is 0 Å². The number of fused-ring (bicyclic) bond motifs is 1. The van der Waals surface area contributed by atoms with Gasteiger partial charge in [0, 0.05) is 43.6 Å². The predicted octanol–water partition coefficient (Wildman–Crippen LogP) is 2.65. The summed E-state index contributed by atoms with van der Waals surface area (Å²) in [5.41, 5.74) is 2.43. The second-order valence-electron chi connectivity index (χ2n) is 6.41. The van der Waals surface area contributed by atoms with Crippen LogP contribution in [-0.2, 0) is 6.42 Å². The van der Waals surface area contributed by atoms with E-state index in [2.05, 4.69) is 20.2 Å². The highest BCUT2D eigenvalue weighted by Crippen LogP contribution is 2.33. The Balaban J connectivity index is 1.35. The maximum Gasteiger partial charge on any atom is 0.318 e. The molecule has 0 saturated carbocycles. The molecular weight excluding hydrogens is 338 g/mol. The van der Waals surface area contributed by atoms with Gasteiger partial charge in [-0.05, 0) is 42.2 Å². The van der Waals surface area contributed by atoms with Crippen LogP contribution in [0.25, 0.3) is 0 Å². The number of piperazine rings is 1. The molecule has 130 valence electrons. The maximum atomic E-state index is 12.6. The van der Waals surface area contributed by atoms with E-state index in [9.17, 15) is 4.79 Å². The average Bonchev–Trinajstić information content (AvgIpc) is 3.04. The molecular formula is C18H20ClN5O. The number of carbonyl (C=O) groups is 1. The second-order valence-corrected chi connectivity index (χ2v) is 6.84. The van der Waals surface area contributed by atoms with Crippen LogP contribution >= 0.6 is 11.6 Å². The number of hydrogen-bond acceptors (Lipinski definition) is 4. The highest BCUT2D eigenvalue weighted by atomic mass is 35.5. The lowest BCUT2D eigenvalue weighted by Crippen LogP contribution is -2.52. The highest BCUT2D eigenvalue weighted by molar-refractivity contribution is 6.30. The van der Waals surface area contributed by atoms with Gasteiger partial charge in [-0.3, -0.25) is 0 Å². The molecule has 1 aliphatic carbocycles. The molecule has 1 aliphatic heterocycles. The summed E-state index contributed by atoms with van der Waals surface area (Å²) in [4.78, 5) is 25.1. The van der Waals surface area contributed by atoms with Gasteiger partial charge in [0.05, 0.1) is 6.04 Å². The zero-order chi connectivity index (χ0) is 17.2. The number of aromatic nitrogens is 2. The number of hydrogen-bond donors (Lipinski definition) is 1. The van der Waals surface area contributed by atoms with Crippen molar-refractivity contribution >= 4 is 23.6 Å². The van der Waals surface area contributed by atoms with Gasteiger partial charge in [0.2, 0.25) is 5.95 Å². The molecule has 2 aliphatic rings. The molecule has 1 aromatic carbocycles. The van der Waals surface area contributed by atoms with Crippen LogP contribution < -0.4 is 10.2 Å². The molecule has 7 heteroatoms. The summed E-state index contributed by atoms with van der Waals surface area (Å²) in [6.07, 6.45) is 5.37. The van der Waals surface area contributed by atoms with Gasteiger partial charge in [0.25, 0.3) is 0 Å². The van der Waals surface area contributed by atoms with Gasteiger partial charge in [-0.2, -0.15) is 0 Å². The normalized spacial score (nSPS) is 19.6. The molecule has 1 atom stereocenters. The maximum absolute atomic E-state index is 12.6. The van der Waals surface area contributed by atoms with Gasteiger partial charge in [0.1, 0.15) is 0 Å². The van der Waals surface area contributed by atoms with Crippen LogP contribution in [0.1, 0.15) is 23.6 Å². The van der Waals surface area contributed by atoms with E-state index < -0.39 is 0 Å². The van der Waals surface area contributed by atoms with Crippen molar-refractivity contribution in [1.29, 1.82) is 0 Å². The molecule has 1 saturated heterocycles. The van der Waals surface area contributed by atoms with Crippen LogP contribution in [-0.4, -0.2) is 47.1 Å². The first-order chi connectivity index (χ1) is 12.2. The number of aryl methyl sites for hydroxylation is 1. The monoisotopic (exact) mass is 357 g/mol. The molecule has 1 aromatic heterocycles. The molecule has 2 heterocycles. The number of anilines is 1. The molecule has 1 N–H and O–H groups in total. The number of amides is 2. The first-order valence-electron chi connectivity index (χ1n) is 8.56. The van der Waals surface area contributed by atoms with E-state index in [0.717, 1.165) is 36.9 Å². The van der Waals surface area contributed by atoms with Crippen molar-refractivity contribution in [2.75, 3.05) is 31.1 Å². The van der Waals surface area contributed by atoms with Gasteiger partial charge in [-0.15, -0.1) is 0 Å². The third kappa shape index (κ3) is 3.39. The predicted molar refractivity (Wildman–Crippen MR) is 96.9 cm³/mol. The van der Waals surface area contributed by atoms with Crippen LogP contribution in [0.5, 0.6) is 0 Å². The minimum atomic E-state index is 0.00132. The van der Waals surface area contributed by atoms with E-state index in [-0.39, 0.29) is 12.1 Å². The Morgan fingerprint density at radius 3 is 2.68 bits per heavy atom. The van der Waals surface area contributed by atoms with Crippen molar-refractivity contribution in [3.05, 3.63) is 52.8 Å². The van der Waals surface area contributed by atoms with Crippen molar-refractivity contribution in [3.63, 3.8) is 0 Å². The number of benzene rings is 1. The first-order valence-corrected chi connectivity index (χ1v) is 8.94. The minimum Gasteiger partial charge on any atom is -0.337 e. The van der Waals surface area contributed by atoms with Crippen LogP contribution in [0.15, 0.2) is 36.7 Å². The molecule has 0 bridgehead atoms. The lowest BCUT2D eigenvalue weighted by atomic mass is 10.1. The zero-order valence-electron chi connectivity index (χ0n) is 13.9. The fourth-order valence-electron chi connectivity index (χ4n) is 3.54. The van der Waals surface area contributed by atoms with Gasteiger partial charge >= 0.3 is 6.03 Å². The summed E-state index contributed by atoms with van der Waals surface area (Å²) in [6, 6.07) is 7.81. The molecule has 25 heavy (non-hydrogen) atoms. The summed E-state index contributed by atoms with van der Waals surface area (Å²) in [6.45, 7) is 2.83. The lowest BCUT2D eigenvalue weighted by molar-refractivity contribution is 0.190. The topological polar surface area (TPSA) is 61.4 Å². The summed E-state index contributed by atoms with van der Waals surface area (Å²) < 4.78 is 0. The first kappa shape index (κ1) is 16.1. The molecule has 2 amide bonds. The van der Waals surface area contributed by atoms with Crippen molar-refractivity contribution in [2.45, 2.75) is 18.9 Å². The second kappa shape index (κ2) is 6.88. The molecule has 6 nitrogen and oxygen atoms in total. The summed E-state index contributed by atoms with van der Waals surface area (Å²) in [5, 5.41) is 3.93. The zero-order valence-corrected chi connectivity index (χ0v) is 14.6. The summed E-state index contributed by atoms with van der Waals surface area (Å²) >= 11 is 6.05. The van der Waals surface area contributed by atoms with Gasteiger partial charge in [-0.25, -0.2) is 14.8 Å². The van der Waals surface area contributed by atoms with E-state index in [1.165, 1.54) is 11.1 Å². The Hall–Kier alpha value is -2.34. The Bertz CT molecular complexity index is 761. The van der Waals surface area contributed by atoms with Crippen molar-refractivity contribution in [2.24, 2.45) is 0 Å². The van der Waals surface area contributed by atoms with E-state index in [1.54, 1.807) is 18.5 Å². The van der Waals surface area contributed by atoms with E-state index >= 15 is 0 Å². The number of rotatable bonds is 2. The Kier molecular flexibility index (Phi) is 4.44. The minimum absolute atomic E-state index is 0.00132. The SMILES string of the molecule is O=C(NC1CCc2cc(Cl)ccc21)N1CCN(c2ncccn2)CC1. The number of nitrogens with one attached hydrogen (secondary N) is 1. The number of nitrogens with zero attached hydrogens (tertiary/aromatic N) is 4. The lowest BCUT2D eigenvalue weighted by Gasteiger charge is -2.35. The Labute approximate surface area is 151 Å². The van der Waals surface area contributed by atoms with Crippen LogP contribution in [0.4, 0.5) is 10.7 Å². The molecule has 0 radical (unpaired) electrons. The third-order valence-electron chi connectivity index (χ3n) is 4.88. The fraction of sp³-hybridized carbons (Fsp3) is 0.389. The quantitative estimate of drug-likeness (QED) is 0.897. The van der Waals surface area contributed by atoms with Gasteiger partial charge in [0.15, 0.2) is 0 Å². The van der Waals surface area contributed by atoms with Crippen molar-refractivity contribution < 1.29 is 4.79 Å². The largest absolute Gasteiger partial charge is 0.337 e. The van der Waals surface area contributed by atoms with Gasteiger partial charge in [-0.1, -0.05) is 17.7 Å². The van der Waals surface area contributed by atoms with Crippen LogP contribution in [0.3, 0.4) is 0 Å². The Morgan fingerprint density at radius 1 is 1.16 bits per heavy atom. The number of carbonyl (C=O) groups excluding carboxylic acids is 1. The number of halogens is 1. The molecule has 1 fully saturated rings. The fourth-order valence-corrected chi connectivity index (χ4v) is 3.74. The highest BCUT2D eigenvalue weighted by Gasteiger charge is 2.28. The summed E-state index contributed by atoms with van der Waals surface area (Å²) in [7, 11) is 0. The molecule has 0 spiro atoms. The van der Waals surface area contributed by atoms with Crippen LogP contribution in [0.2, 0.25) is 5.02 Å². The smallest absolute Gasteiger partial charge is 0.318 e. The molecule has 1 unspecified atom stereocenters. The third-order valence-corrected chi connectivity index (χ3v) is 5.12. The van der Waals surface area contributed by atoms with Crippen molar-refractivity contribution in [1.82, 2.24) is 20.2 Å². The van der Waals surface area contributed by atoms with Crippen LogP contribution in [0, 0.1) is 0 Å². The molecule has 2 aromatic rings. The number of urea groups is 1. The van der Waals surface area contributed by atoms with E-state index in [0.29, 0.717) is 13.1 Å². The van der Waals surface area contributed by atoms with E-state index in [4.69, 9.17) is 11.6 Å². The standard InChI is InChI=1S/C18H20ClN5O/c19-14-3-4-15-13(12-14)2-5-16(15)22-18(25)24-10-8-23(9-11-24)17-20-6-1-7-21-17/h1,3-4,6-7,12,16H,2,5,8-11H2,(H,22,25). The van der Waals surface area contributed by atoms with E-state index in [1.807, 2.05) is 23.1 Å². The van der Waals surface area contributed by atoms with Gasteiger partial charge < -0.3 is 15.1 Å². The average molecular weight is 358 g/mol. The Morgan fingerprint density at radius 2 is 1.92 bits per heavy atom. The summed E-state index contributed by atoms with van der Waals surface area (Å²) in [5.74, 6) is 0.726. The molecule has 4 rings (SSSR count).